The first-order valence-corrected chi connectivity index (χ1v) is 8.24. The van der Waals surface area contributed by atoms with E-state index in [-0.39, 0.29) is 0 Å². The zero-order chi connectivity index (χ0) is 14.6. The molecule has 0 bridgehead atoms. The third-order valence-electron chi connectivity index (χ3n) is 3.53. The average molecular weight is 291 g/mol. The summed E-state index contributed by atoms with van der Waals surface area (Å²) < 4.78 is 1.30. The number of aliphatic hydroxyl groups is 1. The van der Waals surface area contributed by atoms with Crippen molar-refractivity contribution in [1.29, 1.82) is 0 Å². The lowest BCUT2D eigenvalue weighted by molar-refractivity contribution is 0.0518. The van der Waals surface area contributed by atoms with E-state index in [4.69, 9.17) is 0 Å². The van der Waals surface area contributed by atoms with Crippen molar-refractivity contribution < 1.29 is 5.11 Å². The molecule has 0 fully saturated rings. The molecule has 0 radical (unpaired) electrons. The predicted molar refractivity (Wildman–Crippen MR) is 88.5 cm³/mol. The van der Waals surface area contributed by atoms with E-state index in [2.05, 4.69) is 48.8 Å². The molecule has 1 unspecified atom stereocenters. The monoisotopic (exact) mass is 291 g/mol. The van der Waals surface area contributed by atoms with Crippen LogP contribution in [0.2, 0.25) is 0 Å². The van der Waals surface area contributed by atoms with Crippen LogP contribution in [0, 0.1) is 5.92 Å². The van der Waals surface area contributed by atoms with E-state index >= 15 is 0 Å². The third-order valence-corrected chi connectivity index (χ3v) is 4.54. The molecule has 0 amide bonds. The first-order valence-electron chi connectivity index (χ1n) is 7.36. The van der Waals surface area contributed by atoms with E-state index in [9.17, 15) is 5.11 Å². The van der Waals surface area contributed by atoms with Crippen LogP contribution in [0.5, 0.6) is 0 Å². The van der Waals surface area contributed by atoms with Crippen molar-refractivity contribution in [1.82, 2.24) is 5.32 Å². The Labute approximate surface area is 125 Å². The van der Waals surface area contributed by atoms with Crippen molar-refractivity contribution in [3.8, 4) is 0 Å². The van der Waals surface area contributed by atoms with Gasteiger partial charge in [-0.3, -0.25) is 0 Å². The predicted octanol–water partition coefficient (Wildman–Crippen LogP) is 3.83. The quantitative estimate of drug-likeness (QED) is 0.760. The molecule has 0 aliphatic carbocycles. The van der Waals surface area contributed by atoms with E-state index in [1.807, 2.05) is 6.92 Å². The van der Waals surface area contributed by atoms with Crippen molar-refractivity contribution in [2.75, 3.05) is 13.1 Å². The fourth-order valence-corrected chi connectivity index (χ4v) is 3.38. The maximum atomic E-state index is 10.6. The lowest BCUT2D eigenvalue weighted by Crippen LogP contribution is -2.33. The first kappa shape index (κ1) is 15.5. The number of nitrogens with one attached hydrogen (secondary N) is 1. The van der Waals surface area contributed by atoms with Crippen molar-refractivity contribution in [2.24, 2.45) is 5.92 Å². The van der Waals surface area contributed by atoms with Crippen LogP contribution in [-0.2, 0) is 6.42 Å². The highest BCUT2D eigenvalue weighted by atomic mass is 32.1. The van der Waals surface area contributed by atoms with Crippen molar-refractivity contribution >= 4 is 21.4 Å². The SMILES string of the molecule is CC(C)CNCCC(C)(O)Cc1csc2ccccc12. The Morgan fingerprint density at radius 1 is 1.30 bits per heavy atom. The van der Waals surface area contributed by atoms with Crippen LogP contribution >= 0.6 is 11.3 Å². The van der Waals surface area contributed by atoms with Gasteiger partial charge in [0.25, 0.3) is 0 Å². The van der Waals surface area contributed by atoms with E-state index in [0.29, 0.717) is 5.92 Å². The summed E-state index contributed by atoms with van der Waals surface area (Å²) in [5.74, 6) is 0.653. The van der Waals surface area contributed by atoms with Crippen LogP contribution < -0.4 is 5.32 Å². The van der Waals surface area contributed by atoms with Crippen LogP contribution in [0.4, 0.5) is 0 Å². The summed E-state index contributed by atoms with van der Waals surface area (Å²) in [6.07, 6.45) is 1.50. The van der Waals surface area contributed by atoms with Gasteiger partial charge in [0.2, 0.25) is 0 Å². The molecule has 2 rings (SSSR count). The number of rotatable bonds is 7. The summed E-state index contributed by atoms with van der Waals surface area (Å²) in [4.78, 5) is 0. The molecule has 20 heavy (non-hydrogen) atoms. The summed E-state index contributed by atoms with van der Waals surface area (Å²) in [6, 6.07) is 8.42. The minimum Gasteiger partial charge on any atom is -0.390 e. The molecule has 2 N–H and O–H groups in total. The number of hydrogen-bond donors (Lipinski definition) is 2. The molecule has 1 aromatic heterocycles. The minimum absolute atomic E-state index is 0.645. The third kappa shape index (κ3) is 4.30. The van der Waals surface area contributed by atoms with Gasteiger partial charge in [0.1, 0.15) is 0 Å². The van der Waals surface area contributed by atoms with Crippen molar-refractivity contribution in [2.45, 2.75) is 39.2 Å². The maximum absolute atomic E-state index is 10.6. The van der Waals surface area contributed by atoms with Gasteiger partial charge in [0, 0.05) is 11.1 Å². The zero-order valence-corrected chi connectivity index (χ0v) is 13.5. The van der Waals surface area contributed by atoms with Crippen LogP contribution in [0.3, 0.4) is 0 Å². The summed E-state index contributed by atoms with van der Waals surface area (Å²) in [5, 5.41) is 17.4. The van der Waals surface area contributed by atoms with Gasteiger partial charge in [0.15, 0.2) is 0 Å². The van der Waals surface area contributed by atoms with Gasteiger partial charge in [-0.1, -0.05) is 32.0 Å². The van der Waals surface area contributed by atoms with Gasteiger partial charge in [0.05, 0.1) is 5.60 Å². The largest absolute Gasteiger partial charge is 0.390 e. The molecule has 0 aliphatic rings. The van der Waals surface area contributed by atoms with Crippen LogP contribution in [0.15, 0.2) is 29.6 Å². The number of fused-ring (bicyclic) bond motifs is 1. The van der Waals surface area contributed by atoms with E-state index in [1.165, 1.54) is 15.6 Å². The van der Waals surface area contributed by atoms with E-state index in [0.717, 1.165) is 25.9 Å². The lowest BCUT2D eigenvalue weighted by Gasteiger charge is -2.23. The van der Waals surface area contributed by atoms with Crippen molar-refractivity contribution in [3.63, 3.8) is 0 Å². The summed E-state index contributed by atoms with van der Waals surface area (Å²) in [5.41, 5.74) is 0.618. The highest BCUT2D eigenvalue weighted by molar-refractivity contribution is 7.17. The van der Waals surface area contributed by atoms with Crippen LogP contribution in [0.25, 0.3) is 10.1 Å². The van der Waals surface area contributed by atoms with Crippen LogP contribution in [0.1, 0.15) is 32.8 Å². The molecule has 110 valence electrons. The van der Waals surface area contributed by atoms with Gasteiger partial charge in [-0.25, -0.2) is 0 Å². The number of hydrogen-bond acceptors (Lipinski definition) is 3. The molecular formula is C17H25NOS. The Hall–Kier alpha value is -0.900. The molecule has 1 atom stereocenters. The highest BCUT2D eigenvalue weighted by Gasteiger charge is 2.22. The fourth-order valence-electron chi connectivity index (χ4n) is 2.42. The van der Waals surface area contributed by atoms with Gasteiger partial charge in [-0.2, -0.15) is 0 Å². The van der Waals surface area contributed by atoms with E-state index in [1.54, 1.807) is 11.3 Å². The summed E-state index contributed by atoms with van der Waals surface area (Å²) >= 11 is 1.76. The molecule has 1 aromatic carbocycles. The van der Waals surface area contributed by atoms with Crippen LogP contribution in [-0.4, -0.2) is 23.8 Å². The highest BCUT2D eigenvalue weighted by Crippen LogP contribution is 2.29. The zero-order valence-electron chi connectivity index (χ0n) is 12.6. The minimum atomic E-state index is -0.645. The first-order chi connectivity index (χ1) is 9.48. The summed E-state index contributed by atoms with van der Waals surface area (Å²) in [7, 11) is 0. The van der Waals surface area contributed by atoms with E-state index < -0.39 is 5.60 Å². The van der Waals surface area contributed by atoms with Gasteiger partial charge in [-0.15, -0.1) is 11.3 Å². The normalized spacial score (nSPS) is 14.8. The number of benzene rings is 1. The average Bonchev–Trinajstić information content (AvgIpc) is 2.78. The number of thiophene rings is 1. The fraction of sp³-hybridized carbons (Fsp3) is 0.529. The van der Waals surface area contributed by atoms with Gasteiger partial charge in [-0.05, 0) is 54.7 Å². The Balaban J connectivity index is 1.94. The molecule has 2 aromatic rings. The molecule has 0 saturated carbocycles. The Morgan fingerprint density at radius 3 is 2.80 bits per heavy atom. The molecule has 0 saturated heterocycles. The Kier molecular flexibility index (Phi) is 5.19. The Bertz CT molecular complexity index is 545. The molecule has 2 nitrogen and oxygen atoms in total. The second-order valence-corrected chi connectivity index (χ2v) is 7.19. The molecule has 0 spiro atoms. The van der Waals surface area contributed by atoms with Gasteiger partial charge < -0.3 is 10.4 Å². The molecular weight excluding hydrogens is 266 g/mol. The smallest absolute Gasteiger partial charge is 0.0672 e. The second-order valence-electron chi connectivity index (χ2n) is 6.28. The second kappa shape index (κ2) is 6.70. The summed E-state index contributed by atoms with van der Waals surface area (Å²) in [6.45, 7) is 8.21. The standard InChI is InChI=1S/C17H25NOS/c1-13(2)11-18-9-8-17(3,19)10-14-12-20-16-7-5-4-6-15(14)16/h4-7,12-13,18-19H,8-11H2,1-3H3. The molecule has 1 heterocycles. The molecule has 3 heteroatoms. The van der Waals surface area contributed by atoms with Crippen molar-refractivity contribution in [3.05, 3.63) is 35.2 Å². The lowest BCUT2D eigenvalue weighted by atomic mass is 9.93. The molecule has 0 aliphatic heterocycles. The Morgan fingerprint density at radius 2 is 2.05 bits per heavy atom. The van der Waals surface area contributed by atoms with Gasteiger partial charge >= 0.3 is 0 Å². The topological polar surface area (TPSA) is 32.3 Å². The maximum Gasteiger partial charge on any atom is 0.0672 e.